The average molecular weight is 297 g/mol. The summed E-state index contributed by atoms with van der Waals surface area (Å²) < 4.78 is 0. The first kappa shape index (κ1) is 17.0. The number of hydrogen-bond donors (Lipinski definition) is 1. The fraction of sp³-hybridized carbons (Fsp3) is 0.524. The van der Waals surface area contributed by atoms with E-state index in [4.69, 9.17) is 5.73 Å². The molecule has 0 bridgehead atoms. The summed E-state index contributed by atoms with van der Waals surface area (Å²) >= 11 is 0. The van der Waals surface area contributed by atoms with Gasteiger partial charge in [0.05, 0.1) is 0 Å². The molecule has 0 radical (unpaired) electrons. The van der Waals surface area contributed by atoms with Gasteiger partial charge in [-0.25, -0.2) is 0 Å². The molecule has 0 aromatic heterocycles. The fourth-order valence-corrected chi connectivity index (χ4v) is 3.18. The monoisotopic (exact) mass is 297 g/mol. The second kappa shape index (κ2) is 9.63. The highest BCUT2D eigenvalue weighted by atomic mass is 14.5. The highest BCUT2D eigenvalue weighted by Crippen LogP contribution is 2.22. The molecular formula is C21H31N. The predicted octanol–water partition coefficient (Wildman–Crippen LogP) is 5.98. The molecule has 0 aliphatic rings. The maximum atomic E-state index is 5.78. The van der Waals surface area contributed by atoms with Crippen LogP contribution >= 0.6 is 0 Å². The van der Waals surface area contributed by atoms with Crippen LogP contribution in [0.5, 0.6) is 0 Å². The number of fused-ring (bicyclic) bond motifs is 1. The zero-order chi connectivity index (χ0) is 15.6. The molecule has 0 aliphatic carbocycles. The lowest BCUT2D eigenvalue weighted by molar-refractivity contribution is 0.576. The molecule has 2 aromatic rings. The topological polar surface area (TPSA) is 26.0 Å². The van der Waals surface area contributed by atoms with Crippen molar-refractivity contribution in [1.29, 1.82) is 0 Å². The average Bonchev–Trinajstić information content (AvgIpc) is 2.57. The van der Waals surface area contributed by atoms with Gasteiger partial charge in [0.1, 0.15) is 0 Å². The Morgan fingerprint density at radius 2 is 1.55 bits per heavy atom. The van der Waals surface area contributed by atoms with E-state index >= 15 is 0 Å². The Kier molecular flexibility index (Phi) is 7.45. The van der Waals surface area contributed by atoms with Gasteiger partial charge in [-0.1, -0.05) is 82.2 Å². The standard InChI is InChI=1S/C21H31N/c1-2-3-4-5-6-7-8-9-11-19-12-10-13-20-15-14-18(17-22)16-21(19)20/h10,12-16H,2-9,11,17,22H2,1H3. The molecular weight excluding hydrogens is 266 g/mol. The molecule has 0 amide bonds. The third-order valence-electron chi connectivity index (χ3n) is 4.57. The van der Waals surface area contributed by atoms with Gasteiger partial charge in [-0.05, 0) is 40.8 Å². The highest BCUT2D eigenvalue weighted by molar-refractivity contribution is 5.86. The predicted molar refractivity (Wildman–Crippen MR) is 98.2 cm³/mol. The normalized spacial score (nSPS) is 11.2. The molecule has 2 N–H and O–H groups in total. The van der Waals surface area contributed by atoms with Crippen molar-refractivity contribution < 1.29 is 0 Å². The number of hydrogen-bond acceptors (Lipinski definition) is 1. The molecule has 2 rings (SSSR count). The van der Waals surface area contributed by atoms with E-state index in [9.17, 15) is 0 Å². The summed E-state index contributed by atoms with van der Waals surface area (Å²) in [6.45, 7) is 2.91. The Morgan fingerprint density at radius 3 is 2.27 bits per heavy atom. The minimum Gasteiger partial charge on any atom is -0.326 e. The van der Waals surface area contributed by atoms with E-state index in [1.807, 2.05) is 0 Å². The molecule has 22 heavy (non-hydrogen) atoms. The van der Waals surface area contributed by atoms with E-state index in [1.54, 1.807) is 0 Å². The van der Waals surface area contributed by atoms with Crippen LogP contribution in [-0.2, 0) is 13.0 Å². The van der Waals surface area contributed by atoms with Crippen LogP contribution in [0.2, 0.25) is 0 Å². The molecule has 0 heterocycles. The summed E-state index contributed by atoms with van der Waals surface area (Å²) in [6, 6.07) is 13.3. The molecule has 0 aliphatic heterocycles. The summed E-state index contributed by atoms with van der Waals surface area (Å²) in [6.07, 6.45) is 12.2. The molecule has 0 atom stereocenters. The van der Waals surface area contributed by atoms with E-state index in [-0.39, 0.29) is 0 Å². The highest BCUT2D eigenvalue weighted by Gasteiger charge is 2.02. The zero-order valence-corrected chi connectivity index (χ0v) is 14.1. The van der Waals surface area contributed by atoms with E-state index < -0.39 is 0 Å². The molecule has 0 spiro atoms. The lowest BCUT2D eigenvalue weighted by Crippen LogP contribution is -1.96. The van der Waals surface area contributed by atoms with Gasteiger partial charge >= 0.3 is 0 Å². The van der Waals surface area contributed by atoms with Crippen LogP contribution < -0.4 is 5.73 Å². The third kappa shape index (κ3) is 5.14. The van der Waals surface area contributed by atoms with E-state index in [0.29, 0.717) is 6.54 Å². The Morgan fingerprint density at radius 1 is 0.818 bits per heavy atom. The van der Waals surface area contributed by atoms with Crippen LogP contribution in [0, 0.1) is 0 Å². The molecule has 120 valence electrons. The number of rotatable bonds is 10. The van der Waals surface area contributed by atoms with Crippen LogP contribution in [0.4, 0.5) is 0 Å². The van der Waals surface area contributed by atoms with Crippen LogP contribution in [0.3, 0.4) is 0 Å². The van der Waals surface area contributed by atoms with Crippen molar-refractivity contribution in [3.05, 3.63) is 47.5 Å². The molecule has 0 saturated carbocycles. The molecule has 0 fully saturated rings. The van der Waals surface area contributed by atoms with Gasteiger partial charge in [0.15, 0.2) is 0 Å². The van der Waals surface area contributed by atoms with Crippen molar-refractivity contribution in [1.82, 2.24) is 0 Å². The summed E-state index contributed by atoms with van der Waals surface area (Å²) in [7, 11) is 0. The maximum absolute atomic E-state index is 5.78. The third-order valence-corrected chi connectivity index (χ3v) is 4.57. The van der Waals surface area contributed by atoms with E-state index in [2.05, 4.69) is 43.3 Å². The Balaban J connectivity index is 1.81. The van der Waals surface area contributed by atoms with Gasteiger partial charge in [-0.2, -0.15) is 0 Å². The van der Waals surface area contributed by atoms with Crippen LogP contribution in [0.1, 0.15) is 69.4 Å². The van der Waals surface area contributed by atoms with Gasteiger partial charge in [-0.15, -0.1) is 0 Å². The molecule has 0 saturated heterocycles. The Bertz CT molecular complexity index is 559. The van der Waals surface area contributed by atoms with Gasteiger partial charge in [0.2, 0.25) is 0 Å². The smallest absolute Gasteiger partial charge is 0.0178 e. The second-order valence-electron chi connectivity index (χ2n) is 6.40. The van der Waals surface area contributed by atoms with Gasteiger partial charge in [-0.3, -0.25) is 0 Å². The fourth-order valence-electron chi connectivity index (χ4n) is 3.18. The largest absolute Gasteiger partial charge is 0.326 e. The first-order chi connectivity index (χ1) is 10.8. The molecule has 1 heteroatoms. The molecule has 0 unspecified atom stereocenters. The first-order valence-corrected chi connectivity index (χ1v) is 9.05. The van der Waals surface area contributed by atoms with Crippen molar-refractivity contribution in [3.63, 3.8) is 0 Å². The van der Waals surface area contributed by atoms with Crippen molar-refractivity contribution in [2.75, 3.05) is 0 Å². The minimum absolute atomic E-state index is 0.627. The Hall–Kier alpha value is -1.34. The van der Waals surface area contributed by atoms with Crippen LogP contribution in [-0.4, -0.2) is 0 Å². The zero-order valence-electron chi connectivity index (χ0n) is 14.1. The Labute approximate surface area is 135 Å². The van der Waals surface area contributed by atoms with Gasteiger partial charge < -0.3 is 5.73 Å². The summed E-state index contributed by atoms with van der Waals surface area (Å²) in [4.78, 5) is 0. The SMILES string of the molecule is CCCCCCCCCCc1cccc2ccc(CN)cc12. The van der Waals surface area contributed by atoms with Crippen molar-refractivity contribution in [3.8, 4) is 0 Å². The quantitative estimate of drug-likeness (QED) is 0.536. The second-order valence-corrected chi connectivity index (χ2v) is 6.40. The number of aryl methyl sites for hydroxylation is 1. The molecule has 2 aromatic carbocycles. The summed E-state index contributed by atoms with van der Waals surface area (Å²) in [5.41, 5.74) is 8.50. The number of unbranched alkanes of at least 4 members (excludes halogenated alkanes) is 7. The number of benzene rings is 2. The van der Waals surface area contributed by atoms with Crippen molar-refractivity contribution >= 4 is 10.8 Å². The lowest BCUT2D eigenvalue weighted by Gasteiger charge is -2.08. The first-order valence-electron chi connectivity index (χ1n) is 9.05. The van der Waals surface area contributed by atoms with E-state index in [1.165, 1.54) is 79.7 Å². The summed E-state index contributed by atoms with van der Waals surface area (Å²) in [5, 5.41) is 2.74. The van der Waals surface area contributed by atoms with Crippen LogP contribution in [0.25, 0.3) is 10.8 Å². The van der Waals surface area contributed by atoms with Crippen molar-refractivity contribution in [2.45, 2.75) is 71.3 Å². The number of nitrogens with two attached hydrogens (primary N) is 1. The minimum atomic E-state index is 0.627. The van der Waals surface area contributed by atoms with Gasteiger partial charge in [0.25, 0.3) is 0 Å². The summed E-state index contributed by atoms with van der Waals surface area (Å²) in [5.74, 6) is 0. The lowest BCUT2D eigenvalue weighted by atomic mass is 9.97. The van der Waals surface area contributed by atoms with Gasteiger partial charge in [0, 0.05) is 6.54 Å². The van der Waals surface area contributed by atoms with Crippen molar-refractivity contribution in [2.24, 2.45) is 5.73 Å². The van der Waals surface area contributed by atoms with Crippen LogP contribution in [0.15, 0.2) is 36.4 Å². The molecule has 1 nitrogen and oxygen atoms in total. The maximum Gasteiger partial charge on any atom is 0.0178 e. The van der Waals surface area contributed by atoms with E-state index in [0.717, 1.165) is 0 Å².